The number of nitrogens with zero attached hydrogens (tertiary/aromatic N) is 1. The molecule has 1 saturated heterocycles. The second-order valence-electron chi connectivity index (χ2n) is 6.07. The molecule has 130 valence electrons. The van der Waals surface area contributed by atoms with Gasteiger partial charge in [-0.1, -0.05) is 13.8 Å². The number of carbonyl (C=O) groups excluding carboxylic acids is 1. The fourth-order valence-corrected chi connectivity index (χ4v) is 5.36. The van der Waals surface area contributed by atoms with Crippen LogP contribution in [-0.2, 0) is 21.2 Å². The number of carbonyl (C=O) groups is 1. The van der Waals surface area contributed by atoms with E-state index in [0.29, 0.717) is 55.7 Å². The average molecular weight is 360 g/mol. The molecule has 0 atom stereocenters. The number of nitrogens with one attached hydrogen (secondary N) is 2. The Hall–Kier alpha value is -0.960. The van der Waals surface area contributed by atoms with E-state index >= 15 is 0 Å². The first-order valence-electron chi connectivity index (χ1n) is 7.96. The minimum absolute atomic E-state index is 0.0465. The normalized spacial score (nSPS) is 16.7. The van der Waals surface area contributed by atoms with Crippen molar-refractivity contribution in [1.82, 2.24) is 14.9 Å². The standard InChI is InChI=1S/C15H25N3O3S2/c1-12(2)11-14(19)17-6-5-13-3-4-15(22-13)23(20,21)18-9-7-16-8-10-18/h3-4,12,16H,5-11H2,1-2H3,(H,17,19). The first-order valence-corrected chi connectivity index (χ1v) is 10.2. The van der Waals surface area contributed by atoms with Gasteiger partial charge in [-0.05, 0) is 24.5 Å². The second-order valence-corrected chi connectivity index (χ2v) is 9.41. The maximum atomic E-state index is 12.5. The summed E-state index contributed by atoms with van der Waals surface area (Å²) in [5.74, 6) is 0.387. The Morgan fingerprint density at radius 3 is 2.70 bits per heavy atom. The number of rotatable bonds is 7. The van der Waals surface area contributed by atoms with Crippen LogP contribution in [0.2, 0.25) is 0 Å². The fourth-order valence-electron chi connectivity index (χ4n) is 2.41. The van der Waals surface area contributed by atoms with Crippen molar-refractivity contribution < 1.29 is 13.2 Å². The van der Waals surface area contributed by atoms with Crippen LogP contribution in [0, 0.1) is 5.92 Å². The third-order valence-corrected chi connectivity index (χ3v) is 7.11. The van der Waals surface area contributed by atoms with E-state index in [-0.39, 0.29) is 5.91 Å². The lowest BCUT2D eigenvalue weighted by atomic mass is 10.1. The highest BCUT2D eigenvalue weighted by molar-refractivity contribution is 7.91. The van der Waals surface area contributed by atoms with E-state index in [1.165, 1.54) is 15.6 Å². The van der Waals surface area contributed by atoms with Gasteiger partial charge in [-0.2, -0.15) is 4.31 Å². The van der Waals surface area contributed by atoms with Crippen LogP contribution in [0.25, 0.3) is 0 Å². The number of piperazine rings is 1. The molecule has 1 fully saturated rings. The lowest BCUT2D eigenvalue weighted by Crippen LogP contribution is -2.46. The van der Waals surface area contributed by atoms with Crippen LogP contribution in [0.3, 0.4) is 0 Å². The van der Waals surface area contributed by atoms with Gasteiger partial charge in [0.25, 0.3) is 10.0 Å². The first-order chi connectivity index (χ1) is 10.9. The SMILES string of the molecule is CC(C)CC(=O)NCCc1ccc(S(=O)(=O)N2CCNCC2)s1. The van der Waals surface area contributed by atoms with Gasteiger partial charge in [0.2, 0.25) is 5.91 Å². The van der Waals surface area contributed by atoms with Crippen molar-refractivity contribution in [2.24, 2.45) is 5.92 Å². The number of hydrogen-bond donors (Lipinski definition) is 2. The Balaban J connectivity index is 1.88. The quantitative estimate of drug-likeness (QED) is 0.763. The van der Waals surface area contributed by atoms with Gasteiger partial charge < -0.3 is 10.6 Å². The zero-order valence-electron chi connectivity index (χ0n) is 13.7. The predicted molar refractivity (Wildman–Crippen MR) is 92.1 cm³/mol. The van der Waals surface area contributed by atoms with Crippen LogP contribution >= 0.6 is 11.3 Å². The summed E-state index contributed by atoms with van der Waals surface area (Å²) < 4.78 is 27.0. The number of sulfonamides is 1. The van der Waals surface area contributed by atoms with E-state index in [4.69, 9.17) is 0 Å². The van der Waals surface area contributed by atoms with E-state index in [1.54, 1.807) is 6.07 Å². The van der Waals surface area contributed by atoms with Crippen molar-refractivity contribution in [3.63, 3.8) is 0 Å². The lowest BCUT2D eigenvalue weighted by Gasteiger charge is -2.25. The van der Waals surface area contributed by atoms with Crippen molar-refractivity contribution in [1.29, 1.82) is 0 Å². The van der Waals surface area contributed by atoms with Gasteiger partial charge in [-0.15, -0.1) is 11.3 Å². The van der Waals surface area contributed by atoms with Crippen LogP contribution in [0.15, 0.2) is 16.3 Å². The number of amides is 1. The highest BCUT2D eigenvalue weighted by atomic mass is 32.2. The van der Waals surface area contributed by atoms with Crippen LogP contribution in [-0.4, -0.2) is 51.4 Å². The molecule has 0 radical (unpaired) electrons. The zero-order valence-corrected chi connectivity index (χ0v) is 15.3. The van der Waals surface area contributed by atoms with Crippen LogP contribution in [0.4, 0.5) is 0 Å². The maximum Gasteiger partial charge on any atom is 0.252 e. The van der Waals surface area contributed by atoms with Gasteiger partial charge in [0.1, 0.15) is 4.21 Å². The minimum Gasteiger partial charge on any atom is -0.356 e. The van der Waals surface area contributed by atoms with E-state index in [1.807, 2.05) is 19.9 Å². The first kappa shape index (κ1) is 18.4. The Morgan fingerprint density at radius 1 is 1.35 bits per heavy atom. The summed E-state index contributed by atoms with van der Waals surface area (Å²) >= 11 is 1.30. The van der Waals surface area contributed by atoms with E-state index in [0.717, 1.165) is 4.88 Å². The molecule has 0 unspecified atom stereocenters. The average Bonchev–Trinajstić information content (AvgIpc) is 2.97. The molecule has 0 spiro atoms. The van der Waals surface area contributed by atoms with Gasteiger partial charge in [0.05, 0.1) is 0 Å². The van der Waals surface area contributed by atoms with E-state index < -0.39 is 10.0 Å². The predicted octanol–water partition coefficient (Wildman–Crippen LogP) is 1.05. The molecule has 1 aromatic heterocycles. The number of hydrogen-bond acceptors (Lipinski definition) is 5. The topological polar surface area (TPSA) is 78.5 Å². The molecule has 6 nitrogen and oxygen atoms in total. The van der Waals surface area contributed by atoms with Crippen LogP contribution in [0.5, 0.6) is 0 Å². The molecule has 0 aliphatic carbocycles. The van der Waals surface area contributed by atoms with Gasteiger partial charge in [0, 0.05) is 44.0 Å². The largest absolute Gasteiger partial charge is 0.356 e. The fraction of sp³-hybridized carbons (Fsp3) is 0.667. The van der Waals surface area contributed by atoms with Gasteiger partial charge in [-0.3, -0.25) is 4.79 Å². The monoisotopic (exact) mass is 359 g/mol. The highest BCUT2D eigenvalue weighted by Crippen LogP contribution is 2.25. The summed E-state index contributed by atoms with van der Waals surface area (Å²) in [7, 11) is -3.37. The molecule has 0 saturated carbocycles. The molecule has 8 heteroatoms. The molecule has 0 bridgehead atoms. The molecular formula is C15H25N3O3S2. The Morgan fingerprint density at radius 2 is 2.04 bits per heavy atom. The summed E-state index contributed by atoms with van der Waals surface area (Å²) in [4.78, 5) is 12.6. The van der Waals surface area contributed by atoms with Crippen molar-refractivity contribution >= 4 is 27.3 Å². The molecule has 1 aliphatic heterocycles. The molecule has 23 heavy (non-hydrogen) atoms. The third-order valence-electron chi connectivity index (χ3n) is 3.59. The van der Waals surface area contributed by atoms with Gasteiger partial charge >= 0.3 is 0 Å². The maximum absolute atomic E-state index is 12.5. The summed E-state index contributed by atoms with van der Waals surface area (Å²) in [6.07, 6.45) is 1.18. The molecule has 2 N–H and O–H groups in total. The Labute approximate surface area is 142 Å². The summed E-state index contributed by atoms with van der Waals surface area (Å²) in [6.45, 7) is 6.97. The lowest BCUT2D eigenvalue weighted by molar-refractivity contribution is -0.121. The van der Waals surface area contributed by atoms with Gasteiger partial charge in [0.15, 0.2) is 0 Å². The Kier molecular flexibility index (Phi) is 6.58. The van der Waals surface area contributed by atoms with Gasteiger partial charge in [-0.25, -0.2) is 8.42 Å². The molecule has 2 heterocycles. The zero-order chi connectivity index (χ0) is 16.9. The molecule has 2 rings (SSSR count). The molecule has 1 aliphatic rings. The van der Waals surface area contributed by atoms with Crippen molar-refractivity contribution in [2.45, 2.75) is 30.9 Å². The van der Waals surface area contributed by atoms with Crippen molar-refractivity contribution in [3.05, 3.63) is 17.0 Å². The third kappa shape index (κ3) is 5.27. The van der Waals surface area contributed by atoms with Crippen LogP contribution in [0.1, 0.15) is 25.1 Å². The molecular weight excluding hydrogens is 334 g/mol. The smallest absolute Gasteiger partial charge is 0.252 e. The minimum atomic E-state index is -3.37. The summed E-state index contributed by atoms with van der Waals surface area (Å²) in [5.41, 5.74) is 0. The molecule has 1 aromatic rings. The van der Waals surface area contributed by atoms with E-state index in [9.17, 15) is 13.2 Å². The summed E-state index contributed by atoms with van der Waals surface area (Å²) in [5, 5.41) is 6.03. The molecule has 0 aromatic carbocycles. The van der Waals surface area contributed by atoms with Crippen LogP contribution < -0.4 is 10.6 Å². The molecule has 1 amide bonds. The van der Waals surface area contributed by atoms with Crippen molar-refractivity contribution in [2.75, 3.05) is 32.7 Å². The summed E-state index contributed by atoms with van der Waals surface area (Å²) in [6, 6.07) is 3.52. The highest BCUT2D eigenvalue weighted by Gasteiger charge is 2.27. The van der Waals surface area contributed by atoms with E-state index in [2.05, 4.69) is 10.6 Å². The number of thiophene rings is 1. The van der Waals surface area contributed by atoms with Crippen molar-refractivity contribution in [3.8, 4) is 0 Å². The Bertz CT molecular complexity index is 620. The second kappa shape index (κ2) is 8.23.